The third kappa shape index (κ3) is 4.11. The van der Waals surface area contributed by atoms with Crippen LogP contribution in [0.4, 0.5) is 0 Å². The summed E-state index contributed by atoms with van der Waals surface area (Å²) in [4.78, 5) is 39.6. The average Bonchev–Trinajstić information content (AvgIpc) is 2.83. The van der Waals surface area contributed by atoms with Gasteiger partial charge in [-0.3, -0.25) is 14.4 Å². The highest BCUT2D eigenvalue weighted by Crippen LogP contribution is 2.48. The lowest BCUT2D eigenvalue weighted by molar-refractivity contribution is -0.152. The van der Waals surface area contributed by atoms with Crippen molar-refractivity contribution >= 4 is 17.7 Å². The second kappa shape index (κ2) is 9.48. The van der Waals surface area contributed by atoms with Gasteiger partial charge in [-0.25, -0.2) is 0 Å². The van der Waals surface area contributed by atoms with E-state index in [0.29, 0.717) is 34.8 Å². The molecule has 7 nitrogen and oxygen atoms in total. The summed E-state index contributed by atoms with van der Waals surface area (Å²) in [6.45, 7) is 1.90. The summed E-state index contributed by atoms with van der Waals surface area (Å²) >= 11 is 0. The minimum Gasteiger partial charge on any atom is -0.493 e. The van der Waals surface area contributed by atoms with Gasteiger partial charge in [0.25, 0.3) is 0 Å². The molecule has 172 valence electrons. The standard InChI is InChI=1S/C26H27NO6/c1-4-33-26(30)23-17(15-9-6-5-7-10-15)13-19-22(24(23)29)18(14-21(28)27-19)16-11-8-12-20(31-2)25(16)32-3/h5-12,17-18,23H,4,13-14H2,1-3H3,(H,27,28)/t17-,18+,23-/m1/s1. The first-order valence-corrected chi connectivity index (χ1v) is 11.0. The van der Waals surface area contributed by atoms with Crippen molar-refractivity contribution in [2.45, 2.75) is 31.6 Å². The number of amides is 1. The van der Waals surface area contributed by atoms with Crippen molar-refractivity contribution in [2.75, 3.05) is 20.8 Å². The topological polar surface area (TPSA) is 90.9 Å². The number of esters is 1. The quantitative estimate of drug-likeness (QED) is 0.536. The minimum absolute atomic E-state index is 0.0691. The number of para-hydroxylation sites is 1. The summed E-state index contributed by atoms with van der Waals surface area (Å²) in [5.74, 6) is -2.04. The second-order valence-electron chi connectivity index (χ2n) is 8.10. The Labute approximate surface area is 192 Å². The lowest BCUT2D eigenvalue weighted by Gasteiger charge is -2.38. The Kier molecular flexibility index (Phi) is 6.49. The van der Waals surface area contributed by atoms with Crippen LogP contribution >= 0.6 is 0 Å². The van der Waals surface area contributed by atoms with E-state index in [1.54, 1.807) is 19.1 Å². The van der Waals surface area contributed by atoms with E-state index in [1.807, 2.05) is 36.4 Å². The molecule has 4 rings (SSSR count). The van der Waals surface area contributed by atoms with Crippen molar-refractivity contribution in [2.24, 2.45) is 5.92 Å². The molecule has 0 aromatic heterocycles. The summed E-state index contributed by atoms with van der Waals surface area (Å²) in [5.41, 5.74) is 2.52. The molecule has 1 aliphatic carbocycles. The van der Waals surface area contributed by atoms with Gasteiger partial charge < -0.3 is 19.5 Å². The fourth-order valence-corrected chi connectivity index (χ4v) is 4.92. The molecule has 0 saturated heterocycles. The van der Waals surface area contributed by atoms with Crippen LogP contribution in [0.25, 0.3) is 0 Å². The Balaban J connectivity index is 1.86. The Bertz CT molecular complexity index is 1110. The van der Waals surface area contributed by atoms with E-state index in [-0.39, 0.29) is 24.7 Å². The summed E-state index contributed by atoms with van der Waals surface area (Å²) in [6, 6.07) is 14.8. The maximum absolute atomic E-state index is 13.9. The number of allylic oxidation sites excluding steroid dienone is 2. The zero-order valence-corrected chi connectivity index (χ0v) is 18.9. The van der Waals surface area contributed by atoms with Crippen LogP contribution in [-0.2, 0) is 19.1 Å². The summed E-state index contributed by atoms with van der Waals surface area (Å²) in [7, 11) is 3.06. The first-order valence-electron chi connectivity index (χ1n) is 11.0. The number of benzene rings is 2. The first kappa shape index (κ1) is 22.6. The van der Waals surface area contributed by atoms with Crippen LogP contribution in [0.15, 0.2) is 59.8 Å². The molecule has 0 fully saturated rings. The average molecular weight is 450 g/mol. The molecule has 0 spiro atoms. The van der Waals surface area contributed by atoms with Crippen molar-refractivity contribution < 1.29 is 28.6 Å². The molecule has 7 heteroatoms. The minimum atomic E-state index is -0.986. The van der Waals surface area contributed by atoms with Crippen LogP contribution < -0.4 is 14.8 Å². The van der Waals surface area contributed by atoms with E-state index < -0.39 is 23.7 Å². The van der Waals surface area contributed by atoms with Gasteiger partial charge in [0, 0.05) is 35.1 Å². The monoisotopic (exact) mass is 449 g/mol. The van der Waals surface area contributed by atoms with Crippen molar-refractivity contribution in [3.05, 3.63) is 70.9 Å². The van der Waals surface area contributed by atoms with Gasteiger partial charge in [0.15, 0.2) is 17.3 Å². The van der Waals surface area contributed by atoms with E-state index in [1.165, 1.54) is 14.2 Å². The van der Waals surface area contributed by atoms with Gasteiger partial charge in [-0.05, 0) is 25.0 Å². The van der Waals surface area contributed by atoms with Crippen LogP contribution in [0.5, 0.6) is 11.5 Å². The molecule has 2 aliphatic rings. The van der Waals surface area contributed by atoms with Crippen molar-refractivity contribution in [1.82, 2.24) is 5.32 Å². The third-order valence-corrected chi connectivity index (χ3v) is 6.30. The maximum atomic E-state index is 13.9. The molecule has 0 unspecified atom stereocenters. The number of hydrogen-bond acceptors (Lipinski definition) is 6. The number of methoxy groups -OCH3 is 2. The Hall–Kier alpha value is -3.61. The van der Waals surface area contributed by atoms with Crippen LogP contribution in [0.2, 0.25) is 0 Å². The van der Waals surface area contributed by atoms with Crippen LogP contribution in [-0.4, -0.2) is 38.5 Å². The highest BCUT2D eigenvalue weighted by Gasteiger charge is 2.48. The number of ether oxygens (including phenoxy) is 3. The lowest BCUT2D eigenvalue weighted by Crippen LogP contribution is -2.44. The zero-order chi connectivity index (χ0) is 23.5. The highest BCUT2D eigenvalue weighted by molar-refractivity contribution is 6.12. The predicted molar refractivity (Wildman–Crippen MR) is 121 cm³/mol. The van der Waals surface area contributed by atoms with E-state index in [9.17, 15) is 14.4 Å². The molecule has 0 saturated carbocycles. The van der Waals surface area contributed by atoms with E-state index in [4.69, 9.17) is 14.2 Å². The van der Waals surface area contributed by atoms with Gasteiger partial charge in [0.2, 0.25) is 5.91 Å². The van der Waals surface area contributed by atoms with Gasteiger partial charge in [-0.2, -0.15) is 0 Å². The van der Waals surface area contributed by atoms with Gasteiger partial charge in [0.05, 0.1) is 20.8 Å². The number of nitrogens with one attached hydrogen (secondary N) is 1. The molecule has 33 heavy (non-hydrogen) atoms. The van der Waals surface area contributed by atoms with Crippen LogP contribution in [0, 0.1) is 5.92 Å². The SMILES string of the molecule is CCOC(=O)[C@H]1C(=O)C2=C(C[C@@H]1c1ccccc1)NC(=O)C[C@H]2c1cccc(OC)c1OC. The smallest absolute Gasteiger partial charge is 0.317 e. The van der Waals surface area contributed by atoms with Crippen molar-refractivity contribution in [3.8, 4) is 11.5 Å². The number of carbonyl (C=O) groups excluding carboxylic acids is 3. The fraction of sp³-hybridized carbons (Fsp3) is 0.346. The molecular weight excluding hydrogens is 422 g/mol. The molecule has 0 radical (unpaired) electrons. The summed E-state index contributed by atoms with van der Waals surface area (Å²) in [5, 5.41) is 2.90. The molecular formula is C26H27NO6. The molecule has 2 aromatic carbocycles. The summed E-state index contributed by atoms with van der Waals surface area (Å²) < 4.78 is 16.3. The molecule has 1 heterocycles. The number of hydrogen-bond donors (Lipinski definition) is 1. The van der Waals surface area contributed by atoms with Crippen molar-refractivity contribution in [1.29, 1.82) is 0 Å². The predicted octanol–water partition coefficient (Wildman–Crippen LogP) is 3.50. The Morgan fingerprint density at radius 2 is 1.76 bits per heavy atom. The molecule has 1 aliphatic heterocycles. The van der Waals surface area contributed by atoms with E-state index in [0.717, 1.165) is 5.56 Å². The third-order valence-electron chi connectivity index (χ3n) is 6.30. The van der Waals surface area contributed by atoms with Gasteiger partial charge in [-0.15, -0.1) is 0 Å². The van der Waals surface area contributed by atoms with E-state index in [2.05, 4.69) is 5.32 Å². The fourth-order valence-electron chi connectivity index (χ4n) is 4.92. The highest BCUT2D eigenvalue weighted by atomic mass is 16.5. The molecule has 1 amide bonds. The molecule has 3 atom stereocenters. The number of Topliss-reactive ketones (excluding diaryl/α,β-unsaturated/α-hetero) is 1. The number of ketones is 1. The van der Waals surface area contributed by atoms with Crippen LogP contribution in [0.3, 0.4) is 0 Å². The maximum Gasteiger partial charge on any atom is 0.317 e. The normalized spacial score (nSPS) is 22.3. The molecule has 0 bridgehead atoms. The number of carbonyl (C=O) groups is 3. The second-order valence-corrected chi connectivity index (χ2v) is 8.10. The van der Waals surface area contributed by atoms with Crippen LogP contribution in [0.1, 0.15) is 42.7 Å². The Morgan fingerprint density at radius 3 is 2.42 bits per heavy atom. The van der Waals surface area contributed by atoms with E-state index >= 15 is 0 Å². The van der Waals surface area contributed by atoms with Gasteiger partial charge in [0.1, 0.15) is 5.92 Å². The molecule has 1 N–H and O–H groups in total. The van der Waals surface area contributed by atoms with Crippen molar-refractivity contribution in [3.63, 3.8) is 0 Å². The first-order chi connectivity index (χ1) is 16.0. The largest absolute Gasteiger partial charge is 0.493 e. The molecule has 2 aromatic rings. The summed E-state index contributed by atoms with van der Waals surface area (Å²) in [6.07, 6.45) is 0.419. The van der Waals surface area contributed by atoms with Gasteiger partial charge in [-0.1, -0.05) is 42.5 Å². The lowest BCUT2D eigenvalue weighted by atomic mass is 9.68. The Morgan fingerprint density at radius 1 is 1.00 bits per heavy atom. The number of rotatable bonds is 6. The van der Waals surface area contributed by atoms with Gasteiger partial charge >= 0.3 is 5.97 Å². The zero-order valence-electron chi connectivity index (χ0n) is 18.9.